The molecule has 0 saturated carbocycles. The molecule has 0 aliphatic heterocycles. The SMILES string of the molecule is CC(C)CNCCc1nnc(-c2ccc(Cl)cc2F)s1. The van der Waals surface area contributed by atoms with Crippen molar-refractivity contribution in [2.75, 3.05) is 13.1 Å². The van der Waals surface area contributed by atoms with E-state index in [-0.39, 0.29) is 5.82 Å². The molecule has 1 N–H and O–H groups in total. The van der Waals surface area contributed by atoms with E-state index in [1.807, 2.05) is 0 Å². The molecule has 1 heterocycles. The minimum atomic E-state index is -0.363. The van der Waals surface area contributed by atoms with Gasteiger partial charge in [0.15, 0.2) is 5.01 Å². The maximum Gasteiger partial charge on any atom is 0.150 e. The standard InChI is InChI=1S/C14H17ClFN3S/c1-9(2)8-17-6-5-13-18-19-14(20-13)11-4-3-10(15)7-12(11)16/h3-4,7,9,17H,5-6,8H2,1-2H3. The first-order valence-corrected chi connectivity index (χ1v) is 7.74. The third kappa shape index (κ3) is 4.23. The van der Waals surface area contributed by atoms with Gasteiger partial charge >= 0.3 is 0 Å². The summed E-state index contributed by atoms with van der Waals surface area (Å²) in [4.78, 5) is 0. The van der Waals surface area contributed by atoms with E-state index in [1.54, 1.807) is 12.1 Å². The van der Waals surface area contributed by atoms with Gasteiger partial charge in [-0.15, -0.1) is 10.2 Å². The summed E-state index contributed by atoms with van der Waals surface area (Å²) >= 11 is 7.16. The minimum absolute atomic E-state index is 0.363. The quantitative estimate of drug-likeness (QED) is 0.825. The van der Waals surface area contributed by atoms with Crippen LogP contribution in [0.4, 0.5) is 4.39 Å². The van der Waals surface area contributed by atoms with E-state index in [2.05, 4.69) is 29.4 Å². The molecule has 0 aliphatic rings. The third-order valence-corrected chi connectivity index (χ3v) is 3.95. The van der Waals surface area contributed by atoms with Crippen LogP contribution >= 0.6 is 22.9 Å². The summed E-state index contributed by atoms with van der Waals surface area (Å²) in [6.07, 6.45) is 0.805. The molecule has 0 spiro atoms. The Balaban J connectivity index is 1.98. The van der Waals surface area contributed by atoms with Crippen LogP contribution in [0.25, 0.3) is 10.6 Å². The molecule has 1 aromatic carbocycles. The average Bonchev–Trinajstić information content (AvgIpc) is 2.83. The van der Waals surface area contributed by atoms with Crippen LogP contribution in [-0.4, -0.2) is 23.3 Å². The normalized spacial score (nSPS) is 11.2. The van der Waals surface area contributed by atoms with Gasteiger partial charge in [-0.3, -0.25) is 0 Å². The Bertz CT molecular complexity index is 571. The summed E-state index contributed by atoms with van der Waals surface area (Å²) in [5, 5.41) is 13.4. The zero-order chi connectivity index (χ0) is 14.5. The summed E-state index contributed by atoms with van der Waals surface area (Å²) in [5.41, 5.74) is 0.452. The molecule has 0 amide bonds. The number of halogens is 2. The van der Waals surface area contributed by atoms with Gasteiger partial charge < -0.3 is 5.32 Å². The van der Waals surface area contributed by atoms with Crippen LogP contribution in [0, 0.1) is 11.7 Å². The van der Waals surface area contributed by atoms with Crippen LogP contribution in [0.15, 0.2) is 18.2 Å². The molecular weight excluding hydrogens is 297 g/mol. The Labute approximate surface area is 127 Å². The van der Waals surface area contributed by atoms with Gasteiger partial charge in [-0.1, -0.05) is 36.8 Å². The van der Waals surface area contributed by atoms with E-state index >= 15 is 0 Å². The highest BCUT2D eigenvalue weighted by Crippen LogP contribution is 2.27. The molecule has 0 unspecified atom stereocenters. The van der Waals surface area contributed by atoms with Crippen molar-refractivity contribution in [2.24, 2.45) is 5.92 Å². The van der Waals surface area contributed by atoms with Gasteiger partial charge in [0, 0.05) is 23.6 Å². The van der Waals surface area contributed by atoms with Crippen molar-refractivity contribution in [2.45, 2.75) is 20.3 Å². The van der Waals surface area contributed by atoms with E-state index in [0.29, 0.717) is 21.5 Å². The van der Waals surface area contributed by atoms with Crippen LogP contribution in [-0.2, 0) is 6.42 Å². The Hall–Kier alpha value is -1.04. The van der Waals surface area contributed by atoms with Crippen LogP contribution in [0.2, 0.25) is 5.02 Å². The lowest BCUT2D eigenvalue weighted by Gasteiger charge is -2.05. The molecule has 0 bridgehead atoms. The van der Waals surface area contributed by atoms with Crippen LogP contribution in [0.1, 0.15) is 18.9 Å². The minimum Gasteiger partial charge on any atom is -0.316 e. The first-order valence-electron chi connectivity index (χ1n) is 6.55. The zero-order valence-corrected chi connectivity index (χ0v) is 13.1. The van der Waals surface area contributed by atoms with Gasteiger partial charge in [0.1, 0.15) is 10.8 Å². The largest absolute Gasteiger partial charge is 0.316 e. The van der Waals surface area contributed by atoms with Crippen molar-refractivity contribution in [1.29, 1.82) is 0 Å². The first kappa shape index (κ1) is 15.4. The van der Waals surface area contributed by atoms with Crippen molar-refractivity contribution >= 4 is 22.9 Å². The summed E-state index contributed by atoms with van der Waals surface area (Å²) in [6.45, 7) is 6.17. The molecule has 0 atom stereocenters. The monoisotopic (exact) mass is 313 g/mol. The number of benzene rings is 1. The lowest BCUT2D eigenvalue weighted by molar-refractivity contribution is 0.553. The number of nitrogens with one attached hydrogen (secondary N) is 1. The topological polar surface area (TPSA) is 37.8 Å². The Morgan fingerprint density at radius 2 is 2.15 bits per heavy atom. The predicted molar refractivity (Wildman–Crippen MR) is 81.7 cm³/mol. The first-order chi connectivity index (χ1) is 9.56. The zero-order valence-electron chi connectivity index (χ0n) is 11.5. The molecule has 3 nitrogen and oxygen atoms in total. The van der Waals surface area contributed by atoms with Crippen LogP contribution in [0.5, 0.6) is 0 Å². The molecule has 2 rings (SSSR count). The van der Waals surface area contributed by atoms with Gasteiger partial charge in [-0.05, 0) is 30.7 Å². The molecular formula is C14H17ClFN3S. The number of nitrogens with zero attached hydrogens (tertiary/aromatic N) is 2. The highest BCUT2D eigenvalue weighted by Gasteiger charge is 2.11. The molecule has 6 heteroatoms. The fourth-order valence-corrected chi connectivity index (χ4v) is 2.74. The maximum absolute atomic E-state index is 13.8. The van der Waals surface area contributed by atoms with Gasteiger partial charge in [0.2, 0.25) is 0 Å². The summed E-state index contributed by atoms with van der Waals surface area (Å²) in [5.74, 6) is 0.265. The molecule has 1 aromatic heterocycles. The second-order valence-corrected chi connectivity index (χ2v) is 6.47. The lowest BCUT2D eigenvalue weighted by atomic mass is 10.2. The van der Waals surface area contributed by atoms with Crippen LogP contribution < -0.4 is 5.32 Å². The van der Waals surface area contributed by atoms with Gasteiger partial charge in [-0.2, -0.15) is 0 Å². The lowest BCUT2D eigenvalue weighted by Crippen LogP contribution is -2.22. The summed E-state index contributed by atoms with van der Waals surface area (Å²) in [6, 6.07) is 4.59. The molecule has 0 saturated heterocycles. The second kappa shape index (κ2) is 7.11. The van der Waals surface area contributed by atoms with Crippen LogP contribution in [0.3, 0.4) is 0 Å². The number of rotatable bonds is 6. The molecule has 2 aromatic rings. The van der Waals surface area contributed by atoms with E-state index in [4.69, 9.17) is 11.6 Å². The van der Waals surface area contributed by atoms with Crippen molar-refractivity contribution in [3.05, 3.63) is 34.0 Å². The maximum atomic E-state index is 13.8. The van der Waals surface area contributed by atoms with Crippen molar-refractivity contribution in [1.82, 2.24) is 15.5 Å². The molecule has 0 aliphatic carbocycles. The highest BCUT2D eigenvalue weighted by molar-refractivity contribution is 7.14. The van der Waals surface area contributed by atoms with Gasteiger partial charge in [0.05, 0.1) is 0 Å². The smallest absolute Gasteiger partial charge is 0.150 e. The Morgan fingerprint density at radius 1 is 1.35 bits per heavy atom. The van der Waals surface area contributed by atoms with E-state index in [1.165, 1.54) is 17.4 Å². The molecule has 108 valence electrons. The van der Waals surface area contributed by atoms with Crippen molar-refractivity contribution < 1.29 is 4.39 Å². The third-order valence-electron chi connectivity index (χ3n) is 2.70. The molecule has 0 radical (unpaired) electrons. The molecule has 0 fully saturated rings. The number of hydrogen-bond acceptors (Lipinski definition) is 4. The summed E-state index contributed by atoms with van der Waals surface area (Å²) < 4.78 is 13.8. The fourth-order valence-electron chi connectivity index (χ4n) is 1.71. The Morgan fingerprint density at radius 3 is 2.85 bits per heavy atom. The second-order valence-electron chi connectivity index (χ2n) is 4.97. The Kier molecular flexibility index (Phi) is 5.46. The van der Waals surface area contributed by atoms with E-state index < -0.39 is 0 Å². The summed E-state index contributed by atoms with van der Waals surface area (Å²) in [7, 11) is 0. The van der Waals surface area contributed by atoms with Gasteiger partial charge in [-0.25, -0.2) is 4.39 Å². The van der Waals surface area contributed by atoms with E-state index in [0.717, 1.165) is 24.5 Å². The van der Waals surface area contributed by atoms with Crippen molar-refractivity contribution in [3.8, 4) is 10.6 Å². The number of hydrogen-bond donors (Lipinski definition) is 1. The molecule has 20 heavy (non-hydrogen) atoms. The van der Waals surface area contributed by atoms with Crippen molar-refractivity contribution in [3.63, 3.8) is 0 Å². The number of aromatic nitrogens is 2. The van der Waals surface area contributed by atoms with E-state index in [9.17, 15) is 4.39 Å². The average molecular weight is 314 g/mol. The fraction of sp³-hybridized carbons (Fsp3) is 0.429. The van der Waals surface area contributed by atoms with Gasteiger partial charge in [0.25, 0.3) is 0 Å². The predicted octanol–water partition coefficient (Wildman–Crippen LogP) is 3.79. The highest BCUT2D eigenvalue weighted by atomic mass is 35.5.